The van der Waals surface area contributed by atoms with E-state index in [4.69, 9.17) is 0 Å². The van der Waals surface area contributed by atoms with Gasteiger partial charge in [0.25, 0.3) is 0 Å². The minimum Gasteiger partial charge on any atom is -0.356 e. The van der Waals surface area contributed by atoms with Crippen molar-refractivity contribution >= 4 is 37.4 Å². The van der Waals surface area contributed by atoms with Crippen LogP contribution in [0.25, 0.3) is 10.2 Å². The Balaban J connectivity index is 1.77. The zero-order valence-electron chi connectivity index (χ0n) is 12.7. The molecule has 2 aromatic rings. The average molecular weight is 340 g/mol. The van der Waals surface area contributed by atoms with Gasteiger partial charge in [0.1, 0.15) is 17.0 Å². The zero-order valence-corrected chi connectivity index (χ0v) is 14.4. The van der Waals surface area contributed by atoms with Crippen LogP contribution in [0.4, 0.5) is 5.82 Å². The lowest BCUT2D eigenvalue weighted by Crippen LogP contribution is -2.44. The highest BCUT2D eigenvalue weighted by Gasteiger charge is 2.24. The number of anilines is 1. The van der Waals surface area contributed by atoms with Crippen molar-refractivity contribution in [2.45, 2.75) is 32.2 Å². The fraction of sp³-hybridized carbons (Fsp3) is 0.571. The number of hydrogen-bond acceptors (Lipinski definition) is 6. The lowest BCUT2D eigenvalue weighted by Gasteiger charge is -2.33. The Morgan fingerprint density at radius 1 is 1.36 bits per heavy atom. The summed E-state index contributed by atoms with van der Waals surface area (Å²) in [6, 6.07) is 2.20. The molecule has 22 heavy (non-hydrogen) atoms. The highest BCUT2D eigenvalue weighted by atomic mass is 32.2. The van der Waals surface area contributed by atoms with Gasteiger partial charge in [-0.2, -0.15) is 0 Å². The fourth-order valence-electron chi connectivity index (χ4n) is 2.83. The predicted molar refractivity (Wildman–Crippen MR) is 90.0 cm³/mol. The van der Waals surface area contributed by atoms with Crippen LogP contribution in [0.15, 0.2) is 12.4 Å². The summed E-state index contributed by atoms with van der Waals surface area (Å²) >= 11 is 1.71. The highest BCUT2D eigenvalue weighted by molar-refractivity contribution is 7.88. The summed E-state index contributed by atoms with van der Waals surface area (Å²) in [5, 5.41) is 1.11. The average Bonchev–Trinajstić information content (AvgIpc) is 2.89. The molecule has 1 aliphatic heterocycles. The van der Waals surface area contributed by atoms with Crippen LogP contribution in [0.1, 0.15) is 24.6 Å². The van der Waals surface area contributed by atoms with E-state index >= 15 is 0 Å². The first-order valence-corrected chi connectivity index (χ1v) is 10.1. The van der Waals surface area contributed by atoms with Gasteiger partial charge in [0, 0.05) is 24.0 Å². The van der Waals surface area contributed by atoms with Gasteiger partial charge in [-0.1, -0.05) is 6.92 Å². The number of piperidine rings is 1. The minimum atomic E-state index is -3.13. The molecule has 2 aromatic heterocycles. The highest BCUT2D eigenvalue weighted by Crippen LogP contribution is 2.31. The van der Waals surface area contributed by atoms with Gasteiger partial charge in [-0.25, -0.2) is 23.1 Å². The van der Waals surface area contributed by atoms with Crippen molar-refractivity contribution in [2.75, 3.05) is 24.2 Å². The van der Waals surface area contributed by atoms with Crippen LogP contribution in [0.5, 0.6) is 0 Å². The second-order valence-corrected chi connectivity index (χ2v) is 8.53. The number of nitrogens with zero attached hydrogens (tertiary/aromatic N) is 3. The third-order valence-electron chi connectivity index (χ3n) is 3.88. The first-order chi connectivity index (χ1) is 10.5. The third-order valence-corrected chi connectivity index (χ3v) is 5.83. The van der Waals surface area contributed by atoms with E-state index in [-0.39, 0.29) is 6.04 Å². The molecule has 0 atom stereocenters. The Morgan fingerprint density at radius 2 is 2.09 bits per heavy atom. The molecule has 0 bridgehead atoms. The van der Waals surface area contributed by atoms with Gasteiger partial charge in [-0.05, 0) is 25.3 Å². The van der Waals surface area contributed by atoms with Gasteiger partial charge in [-0.3, -0.25) is 0 Å². The minimum absolute atomic E-state index is 0.0252. The summed E-state index contributed by atoms with van der Waals surface area (Å²) in [4.78, 5) is 13.4. The molecule has 0 radical (unpaired) electrons. The van der Waals surface area contributed by atoms with Crippen LogP contribution < -0.4 is 9.62 Å². The van der Waals surface area contributed by atoms with Crippen LogP contribution in [-0.2, 0) is 16.4 Å². The second-order valence-electron chi connectivity index (χ2n) is 5.63. The molecule has 0 amide bonds. The van der Waals surface area contributed by atoms with E-state index in [0.29, 0.717) is 0 Å². The van der Waals surface area contributed by atoms with Crippen LogP contribution in [0.2, 0.25) is 0 Å². The quantitative estimate of drug-likeness (QED) is 0.918. The molecule has 1 N–H and O–H groups in total. The summed E-state index contributed by atoms with van der Waals surface area (Å²) < 4.78 is 25.3. The van der Waals surface area contributed by atoms with E-state index in [1.165, 1.54) is 11.1 Å². The van der Waals surface area contributed by atoms with Gasteiger partial charge in [-0.15, -0.1) is 11.3 Å². The van der Waals surface area contributed by atoms with Crippen molar-refractivity contribution in [3.63, 3.8) is 0 Å². The van der Waals surface area contributed by atoms with Crippen LogP contribution in [0, 0.1) is 0 Å². The molecule has 3 rings (SSSR count). The molecule has 1 fully saturated rings. The van der Waals surface area contributed by atoms with Crippen molar-refractivity contribution < 1.29 is 8.42 Å². The summed E-state index contributed by atoms with van der Waals surface area (Å²) in [5.41, 5.74) is 0. The molecule has 0 aliphatic carbocycles. The second kappa shape index (κ2) is 6.10. The number of rotatable bonds is 4. The summed E-state index contributed by atoms with van der Waals surface area (Å²) in [6.07, 6.45) is 5.42. The van der Waals surface area contributed by atoms with Crippen molar-refractivity contribution in [1.82, 2.24) is 14.7 Å². The van der Waals surface area contributed by atoms with Gasteiger partial charge in [0.05, 0.1) is 11.6 Å². The Hall–Kier alpha value is -1.25. The lowest BCUT2D eigenvalue weighted by atomic mass is 10.1. The molecular weight excluding hydrogens is 320 g/mol. The molecule has 0 aromatic carbocycles. The monoisotopic (exact) mass is 340 g/mol. The summed E-state index contributed by atoms with van der Waals surface area (Å²) in [5.74, 6) is 0.971. The molecule has 0 saturated carbocycles. The van der Waals surface area contributed by atoms with Gasteiger partial charge in [0.2, 0.25) is 10.0 Å². The van der Waals surface area contributed by atoms with Crippen molar-refractivity contribution in [2.24, 2.45) is 0 Å². The molecule has 0 spiro atoms. The number of thiophene rings is 1. The summed E-state index contributed by atoms with van der Waals surface area (Å²) in [7, 11) is -3.13. The largest absolute Gasteiger partial charge is 0.356 e. The van der Waals surface area contributed by atoms with Crippen LogP contribution in [0.3, 0.4) is 0 Å². The number of aryl methyl sites for hydroxylation is 1. The molecular formula is C14H20N4O2S2. The standard InChI is InChI=1S/C14H20N4O2S2/c1-3-11-8-12-13(15-9-16-14(12)21-11)18-6-4-10(5-7-18)17-22(2,19)20/h8-10,17H,3-7H2,1-2H3. The number of hydrogen-bond donors (Lipinski definition) is 1. The van der Waals surface area contributed by atoms with Crippen molar-refractivity contribution in [1.29, 1.82) is 0 Å². The predicted octanol–water partition coefficient (Wildman–Crippen LogP) is 1.77. The third kappa shape index (κ3) is 3.39. The van der Waals surface area contributed by atoms with Gasteiger partial charge in [0.15, 0.2) is 0 Å². The number of sulfonamides is 1. The first kappa shape index (κ1) is 15.6. The molecule has 3 heterocycles. The maximum absolute atomic E-state index is 11.3. The van der Waals surface area contributed by atoms with Gasteiger partial charge >= 0.3 is 0 Å². The summed E-state index contributed by atoms with van der Waals surface area (Å²) in [6.45, 7) is 3.74. The van der Waals surface area contributed by atoms with E-state index in [1.54, 1.807) is 17.7 Å². The molecule has 1 saturated heterocycles. The molecule has 0 unspecified atom stereocenters. The van der Waals surface area contributed by atoms with Crippen molar-refractivity contribution in [3.8, 4) is 0 Å². The van der Waals surface area contributed by atoms with Gasteiger partial charge < -0.3 is 4.90 Å². The lowest BCUT2D eigenvalue weighted by molar-refractivity contribution is 0.460. The fourth-order valence-corrected chi connectivity index (χ4v) is 4.60. The van der Waals surface area contributed by atoms with E-state index in [0.717, 1.165) is 48.4 Å². The Labute approximate surface area is 134 Å². The topological polar surface area (TPSA) is 75.2 Å². The Bertz CT molecular complexity index is 764. The van der Waals surface area contributed by atoms with E-state index in [2.05, 4.69) is 32.6 Å². The van der Waals surface area contributed by atoms with E-state index in [9.17, 15) is 8.42 Å². The molecule has 6 nitrogen and oxygen atoms in total. The van der Waals surface area contributed by atoms with E-state index in [1.807, 2.05) is 0 Å². The number of aromatic nitrogens is 2. The molecule has 120 valence electrons. The normalized spacial score (nSPS) is 17.3. The number of nitrogens with one attached hydrogen (secondary N) is 1. The first-order valence-electron chi connectivity index (χ1n) is 7.42. The van der Waals surface area contributed by atoms with Crippen molar-refractivity contribution in [3.05, 3.63) is 17.3 Å². The van der Waals surface area contributed by atoms with E-state index < -0.39 is 10.0 Å². The number of fused-ring (bicyclic) bond motifs is 1. The SMILES string of the molecule is CCc1cc2c(N3CCC(NS(C)(=O)=O)CC3)ncnc2s1. The molecule has 1 aliphatic rings. The maximum Gasteiger partial charge on any atom is 0.208 e. The Kier molecular flexibility index (Phi) is 4.33. The van der Waals surface area contributed by atoms with Crippen LogP contribution >= 0.6 is 11.3 Å². The molecule has 8 heteroatoms. The Morgan fingerprint density at radius 3 is 2.73 bits per heavy atom. The smallest absolute Gasteiger partial charge is 0.208 e. The van der Waals surface area contributed by atoms with Crippen LogP contribution in [-0.4, -0.2) is 43.8 Å². The maximum atomic E-state index is 11.3. The zero-order chi connectivity index (χ0) is 15.7.